The van der Waals surface area contributed by atoms with Crippen molar-refractivity contribution in [2.24, 2.45) is 11.8 Å². The molecule has 1 aromatic carbocycles. The summed E-state index contributed by atoms with van der Waals surface area (Å²) in [5.74, 6) is 0.463. The van der Waals surface area contributed by atoms with Gasteiger partial charge in [0.15, 0.2) is 0 Å². The fourth-order valence-corrected chi connectivity index (χ4v) is 5.06. The van der Waals surface area contributed by atoms with Crippen LogP contribution in [0.3, 0.4) is 0 Å². The molecule has 0 bridgehead atoms. The van der Waals surface area contributed by atoms with Crippen LogP contribution in [0.4, 0.5) is 18.9 Å². The fraction of sp³-hybridized carbons (Fsp3) is 0.583. The maximum atomic E-state index is 13.4. The maximum absolute atomic E-state index is 13.4. The lowest BCUT2D eigenvalue weighted by molar-refractivity contribution is -0.138. The van der Waals surface area contributed by atoms with Crippen molar-refractivity contribution in [1.29, 1.82) is 0 Å². The topological polar surface area (TPSA) is 45.3 Å². The Morgan fingerprint density at radius 2 is 2.03 bits per heavy atom. The van der Waals surface area contributed by atoms with Crippen LogP contribution in [0.25, 0.3) is 0 Å². The number of anilines is 1. The molecule has 0 spiro atoms. The summed E-state index contributed by atoms with van der Waals surface area (Å²) in [4.78, 5) is 0. The summed E-state index contributed by atoms with van der Waals surface area (Å²) in [6.45, 7) is 2.58. The molecule has 7 heteroatoms. The van der Waals surface area contributed by atoms with E-state index in [1.165, 1.54) is 12.1 Å². The van der Waals surface area contributed by atoms with Gasteiger partial charge in [-0.2, -0.15) is 13.2 Å². The minimum atomic E-state index is -4.36. The van der Waals surface area contributed by atoms with Crippen LogP contribution in [0.5, 0.6) is 0 Å². The minimum absolute atomic E-state index is 0.0128. The zero-order valence-corrected chi connectivity index (χ0v) is 17.9. The number of fused-ring (bicyclic) bond motifs is 3. The van der Waals surface area contributed by atoms with E-state index < -0.39 is 11.7 Å². The first-order valence-electron chi connectivity index (χ1n) is 11.3. The quantitative estimate of drug-likeness (QED) is 0.545. The average Bonchev–Trinajstić information content (AvgIpc) is 2.78. The monoisotopic (exact) mass is 435 g/mol. The van der Waals surface area contributed by atoms with Gasteiger partial charge in [0.2, 0.25) is 0 Å². The summed E-state index contributed by atoms with van der Waals surface area (Å²) >= 11 is 0. The van der Waals surface area contributed by atoms with Crippen LogP contribution < -0.4 is 16.0 Å². The normalized spacial score (nSPS) is 29.9. The number of ether oxygens (including phenoxy) is 1. The first kappa shape index (κ1) is 22.4. The molecule has 1 fully saturated rings. The smallest absolute Gasteiger partial charge is 0.381 e. The molecule has 3 aliphatic rings. The van der Waals surface area contributed by atoms with E-state index in [0.29, 0.717) is 11.5 Å². The lowest BCUT2D eigenvalue weighted by Gasteiger charge is -2.47. The molecule has 1 aromatic rings. The number of benzene rings is 1. The van der Waals surface area contributed by atoms with Crippen LogP contribution in [0.15, 0.2) is 42.5 Å². The third kappa shape index (κ3) is 5.16. The SMILES string of the molecule is CNCCCNC[C@H]1CC[C@@H]2[C@H](O1)c1cc(C(F)(F)F)ccc1N[C@H]2C1C=CC=CC1. The Balaban J connectivity index is 1.55. The molecule has 2 aliphatic heterocycles. The molecule has 1 saturated heterocycles. The third-order valence-electron chi connectivity index (χ3n) is 6.65. The number of halogens is 3. The Labute approximate surface area is 182 Å². The van der Waals surface area contributed by atoms with Gasteiger partial charge in [-0.25, -0.2) is 0 Å². The highest BCUT2D eigenvalue weighted by atomic mass is 19.4. The molecule has 5 atom stereocenters. The van der Waals surface area contributed by atoms with Crippen molar-refractivity contribution in [3.8, 4) is 0 Å². The molecule has 2 heterocycles. The van der Waals surface area contributed by atoms with Crippen LogP contribution in [-0.2, 0) is 10.9 Å². The van der Waals surface area contributed by atoms with E-state index in [4.69, 9.17) is 4.74 Å². The molecule has 1 aliphatic carbocycles. The summed E-state index contributed by atoms with van der Waals surface area (Å²) in [7, 11) is 1.93. The van der Waals surface area contributed by atoms with E-state index >= 15 is 0 Å². The third-order valence-corrected chi connectivity index (χ3v) is 6.65. The molecular weight excluding hydrogens is 403 g/mol. The zero-order chi connectivity index (χ0) is 21.8. The van der Waals surface area contributed by atoms with Gasteiger partial charge in [-0.1, -0.05) is 24.3 Å². The highest BCUT2D eigenvalue weighted by molar-refractivity contribution is 5.58. The van der Waals surface area contributed by atoms with Crippen LogP contribution in [-0.4, -0.2) is 38.8 Å². The number of hydrogen-bond donors (Lipinski definition) is 3. The van der Waals surface area contributed by atoms with Crippen molar-refractivity contribution in [2.75, 3.05) is 32.0 Å². The van der Waals surface area contributed by atoms with Crippen molar-refractivity contribution < 1.29 is 17.9 Å². The van der Waals surface area contributed by atoms with Gasteiger partial charge in [-0.3, -0.25) is 0 Å². The summed E-state index contributed by atoms with van der Waals surface area (Å²) in [5.41, 5.74) is 0.804. The second-order valence-electron chi connectivity index (χ2n) is 8.76. The number of hydrogen-bond acceptors (Lipinski definition) is 4. The molecule has 0 aromatic heterocycles. The first-order valence-corrected chi connectivity index (χ1v) is 11.3. The van der Waals surface area contributed by atoms with Crippen molar-refractivity contribution >= 4 is 5.69 Å². The van der Waals surface area contributed by atoms with Crippen LogP contribution in [0.2, 0.25) is 0 Å². The van der Waals surface area contributed by atoms with Gasteiger partial charge in [0, 0.05) is 35.7 Å². The summed E-state index contributed by atoms with van der Waals surface area (Å²) in [6, 6.07) is 4.19. The molecular formula is C24H32F3N3O. The second-order valence-corrected chi connectivity index (χ2v) is 8.76. The van der Waals surface area contributed by atoms with Gasteiger partial charge >= 0.3 is 6.18 Å². The highest BCUT2D eigenvalue weighted by Crippen LogP contribution is 2.49. The molecule has 4 rings (SSSR count). The van der Waals surface area contributed by atoms with Gasteiger partial charge in [-0.15, -0.1) is 0 Å². The standard InChI is InChI=1S/C24H32F3N3O/c1-28-12-5-13-29-15-18-9-10-19-22(16-6-3-2-4-7-16)30-21-11-8-17(24(25,26)27)14-20(21)23(19)31-18/h2-4,6,8,11,14,16,18-19,22-23,28-30H,5,7,9-10,12-13,15H2,1H3/t16?,18-,19+,22+,23+/m1/s1. The van der Waals surface area contributed by atoms with E-state index in [0.717, 1.165) is 51.0 Å². The van der Waals surface area contributed by atoms with Crippen molar-refractivity contribution in [2.45, 2.75) is 50.1 Å². The molecule has 0 radical (unpaired) electrons. The van der Waals surface area contributed by atoms with Crippen molar-refractivity contribution in [3.63, 3.8) is 0 Å². The lowest BCUT2D eigenvalue weighted by atomic mass is 9.73. The Bertz CT molecular complexity index is 808. The predicted molar refractivity (Wildman–Crippen MR) is 117 cm³/mol. The van der Waals surface area contributed by atoms with E-state index in [9.17, 15) is 13.2 Å². The Kier molecular flexibility index (Phi) is 7.04. The maximum Gasteiger partial charge on any atom is 0.416 e. The Morgan fingerprint density at radius 1 is 1.16 bits per heavy atom. The van der Waals surface area contributed by atoms with Crippen molar-refractivity contribution in [1.82, 2.24) is 10.6 Å². The van der Waals surface area contributed by atoms with Crippen LogP contribution >= 0.6 is 0 Å². The zero-order valence-electron chi connectivity index (χ0n) is 17.9. The Morgan fingerprint density at radius 3 is 2.77 bits per heavy atom. The highest BCUT2D eigenvalue weighted by Gasteiger charge is 2.44. The number of allylic oxidation sites excluding steroid dienone is 3. The fourth-order valence-electron chi connectivity index (χ4n) is 5.06. The minimum Gasteiger partial charge on any atom is -0.381 e. The van der Waals surface area contributed by atoms with E-state index in [2.05, 4.69) is 34.2 Å². The summed E-state index contributed by atoms with van der Waals surface area (Å²) in [6.07, 6.45) is 7.63. The van der Waals surface area contributed by atoms with E-state index in [-0.39, 0.29) is 24.2 Å². The van der Waals surface area contributed by atoms with Gasteiger partial charge in [0.05, 0.1) is 17.8 Å². The van der Waals surface area contributed by atoms with E-state index in [1.54, 1.807) is 6.07 Å². The predicted octanol–water partition coefficient (Wildman–Crippen LogP) is 4.67. The number of alkyl halides is 3. The van der Waals surface area contributed by atoms with Gasteiger partial charge in [-0.05, 0) is 64.0 Å². The first-order chi connectivity index (χ1) is 15.0. The molecule has 0 amide bonds. The molecule has 170 valence electrons. The summed E-state index contributed by atoms with van der Waals surface area (Å²) < 4.78 is 46.7. The second kappa shape index (κ2) is 9.76. The molecule has 3 N–H and O–H groups in total. The average molecular weight is 436 g/mol. The Hall–Kier alpha value is -1.83. The largest absolute Gasteiger partial charge is 0.416 e. The van der Waals surface area contributed by atoms with Gasteiger partial charge < -0.3 is 20.7 Å². The molecule has 0 saturated carbocycles. The molecule has 1 unspecified atom stereocenters. The van der Waals surface area contributed by atoms with Crippen LogP contribution in [0, 0.1) is 11.8 Å². The molecule has 4 nitrogen and oxygen atoms in total. The van der Waals surface area contributed by atoms with Crippen molar-refractivity contribution in [3.05, 3.63) is 53.6 Å². The lowest BCUT2D eigenvalue weighted by Crippen LogP contribution is -2.48. The number of rotatable bonds is 7. The summed E-state index contributed by atoms with van der Waals surface area (Å²) in [5, 5.41) is 10.1. The van der Waals surface area contributed by atoms with Gasteiger partial charge in [0.25, 0.3) is 0 Å². The molecule has 31 heavy (non-hydrogen) atoms. The van der Waals surface area contributed by atoms with Crippen LogP contribution in [0.1, 0.15) is 42.9 Å². The van der Waals surface area contributed by atoms with E-state index in [1.807, 2.05) is 13.1 Å². The van der Waals surface area contributed by atoms with Gasteiger partial charge in [0.1, 0.15) is 0 Å². The number of nitrogens with one attached hydrogen (secondary N) is 3.